The van der Waals surface area contributed by atoms with E-state index in [0.717, 1.165) is 25.3 Å². The second kappa shape index (κ2) is 6.17. The van der Waals surface area contributed by atoms with Crippen LogP contribution in [0.2, 0.25) is 0 Å². The maximum atomic E-state index is 12.9. The summed E-state index contributed by atoms with van der Waals surface area (Å²) in [5.41, 5.74) is 5.14. The van der Waals surface area contributed by atoms with E-state index in [1.54, 1.807) is 0 Å². The van der Waals surface area contributed by atoms with Gasteiger partial charge in [0.2, 0.25) is 0 Å². The number of aromatic nitrogens is 1. The molecule has 0 aliphatic heterocycles. The Kier molecular flexibility index (Phi) is 4.70. The number of hydrogen-bond donors (Lipinski definition) is 1. The first kappa shape index (κ1) is 16.0. The molecule has 7 heteroatoms. The van der Waals surface area contributed by atoms with Gasteiger partial charge in [-0.1, -0.05) is 19.1 Å². The van der Waals surface area contributed by atoms with Gasteiger partial charge >= 0.3 is 6.18 Å². The summed E-state index contributed by atoms with van der Waals surface area (Å²) in [6.45, 7) is 3.33. The van der Waals surface area contributed by atoms with Crippen LogP contribution in [0.25, 0.3) is 0 Å². The lowest BCUT2D eigenvalue weighted by molar-refractivity contribution is -0.141. The number of nitrogens with two attached hydrogens (primary N) is 1. The third kappa shape index (κ3) is 4.06. The van der Waals surface area contributed by atoms with Gasteiger partial charge in [-0.25, -0.2) is 4.98 Å². The second-order valence-electron chi connectivity index (χ2n) is 5.32. The van der Waals surface area contributed by atoms with Crippen LogP contribution in [0.5, 0.6) is 0 Å². The fourth-order valence-corrected chi connectivity index (χ4v) is 2.36. The van der Waals surface area contributed by atoms with Crippen LogP contribution in [0.4, 0.5) is 19.0 Å². The number of alkyl halides is 3. The standard InChI is InChI=1S/C14H18F3N3S/c1-2-7-20(8-9-3-4-9)13-10(12(18)21)5-6-11(19-13)14(15,16)17/h5-6,9H,2-4,7-8H2,1H3,(H2,18,21). The Labute approximate surface area is 127 Å². The maximum Gasteiger partial charge on any atom is 0.433 e. The van der Waals surface area contributed by atoms with E-state index in [0.29, 0.717) is 24.6 Å². The molecular formula is C14H18F3N3S. The molecule has 0 unspecified atom stereocenters. The van der Waals surface area contributed by atoms with Crippen molar-refractivity contribution in [2.24, 2.45) is 11.7 Å². The van der Waals surface area contributed by atoms with Crippen LogP contribution >= 0.6 is 12.2 Å². The van der Waals surface area contributed by atoms with Crippen LogP contribution in [-0.2, 0) is 6.18 Å². The molecule has 0 aromatic carbocycles. The summed E-state index contributed by atoms with van der Waals surface area (Å²) in [5.74, 6) is 0.790. The highest BCUT2D eigenvalue weighted by Crippen LogP contribution is 2.34. The summed E-state index contributed by atoms with van der Waals surface area (Å²) in [4.78, 5) is 5.75. The SMILES string of the molecule is CCCN(CC1CC1)c1nc(C(F)(F)F)ccc1C(N)=S. The molecular weight excluding hydrogens is 299 g/mol. The van der Waals surface area contributed by atoms with Crippen LogP contribution in [0.1, 0.15) is 37.4 Å². The van der Waals surface area contributed by atoms with Crippen LogP contribution in [0.3, 0.4) is 0 Å². The molecule has 2 rings (SSSR count). The van der Waals surface area contributed by atoms with Gasteiger partial charge in [0.25, 0.3) is 0 Å². The van der Waals surface area contributed by atoms with Crippen molar-refractivity contribution >= 4 is 23.0 Å². The van der Waals surface area contributed by atoms with Crippen LogP contribution < -0.4 is 10.6 Å². The van der Waals surface area contributed by atoms with Gasteiger partial charge in [0.1, 0.15) is 16.5 Å². The minimum Gasteiger partial charge on any atom is -0.389 e. The highest BCUT2D eigenvalue weighted by molar-refractivity contribution is 7.80. The molecule has 0 spiro atoms. The van der Waals surface area contributed by atoms with Crippen molar-refractivity contribution in [3.8, 4) is 0 Å². The molecule has 1 aromatic rings. The summed E-state index contributed by atoms with van der Waals surface area (Å²) in [7, 11) is 0. The summed E-state index contributed by atoms with van der Waals surface area (Å²) in [6, 6.07) is 2.25. The van der Waals surface area contributed by atoms with Gasteiger partial charge in [-0.2, -0.15) is 13.2 Å². The Morgan fingerprint density at radius 3 is 2.57 bits per heavy atom. The first-order valence-corrected chi connectivity index (χ1v) is 7.36. The zero-order chi connectivity index (χ0) is 15.6. The highest BCUT2D eigenvalue weighted by atomic mass is 32.1. The van der Waals surface area contributed by atoms with E-state index < -0.39 is 11.9 Å². The normalized spacial score (nSPS) is 15.0. The molecule has 2 N–H and O–H groups in total. The van der Waals surface area contributed by atoms with Crippen LogP contribution in [0.15, 0.2) is 12.1 Å². The predicted molar refractivity (Wildman–Crippen MR) is 80.4 cm³/mol. The van der Waals surface area contributed by atoms with Crippen molar-refractivity contribution in [2.45, 2.75) is 32.4 Å². The maximum absolute atomic E-state index is 12.9. The summed E-state index contributed by atoms with van der Waals surface area (Å²) >= 11 is 4.95. The Bertz CT molecular complexity index is 527. The first-order valence-electron chi connectivity index (χ1n) is 6.96. The minimum absolute atomic E-state index is 0.0723. The molecule has 1 heterocycles. The van der Waals surface area contributed by atoms with Gasteiger partial charge < -0.3 is 10.6 Å². The molecule has 3 nitrogen and oxygen atoms in total. The average molecular weight is 317 g/mol. The van der Waals surface area contributed by atoms with Gasteiger partial charge in [-0.3, -0.25) is 0 Å². The van der Waals surface area contributed by atoms with E-state index in [2.05, 4.69) is 4.98 Å². The lowest BCUT2D eigenvalue weighted by atomic mass is 10.2. The second-order valence-corrected chi connectivity index (χ2v) is 5.76. The molecule has 0 saturated heterocycles. The van der Waals surface area contributed by atoms with E-state index >= 15 is 0 Å². The summed E-state index contributed by atoms with van der Waals surface area (Å²) in [5, 5.41) is 0. The summed E-state index contributed by atoms with van der Waals surface area (Å²) in [6.07, 6.45) is -1.43. The largest absolute Gasteiger partial charge is 0.433 e. The average Bonchev–Trinajstić information content (AvgIpc) is 3.20. The van der Waals surface area contributed by atoms with Gasteiger partial charge in [-0.15, -0.1) is 0 Å². The van der Waals surface area contributed by atoms with E-state index in [9.17, 15) is 13.2 Å². The Morgan fingerprint density at radius 2 is 2.10 bits per heavy atom. The number of anilines is 1. The van der Waals surface area contributed by atoms with E-state index in [1.807, 2.05) is 11.8 Å². The number of rotatable bonds is 6. The third-order valence-electron chi connectivity index (χ3n) is 3.40. The predicted octanol–water partition coefficient (Wildman–Crippen LogP) is 3.36. The number of nitrogens with zero attached hydrogens (tertiary/aromatic N) is 2. The number of thiocarbonyl (C=S) groups is 1. The third-order valence-corrected chi connectivity index (χ3v) is 3.62. The van der Waals surface area contributed by atoms with E-state index in [4.69, 9.17) is 18.0 Å². The number of hydrogen-bond acceptors (Lipinski definition) is 3. The van der Waals surface area contributed by atoms with Crippen molar-refractivity contribution in [3.63, 3.8) is 0 Å². The fraction of sp³-hybridized carbons (Fsp3) is 0.571. The monoisotopic (exact) mass is 317 g/mol. The molecule has 0 amide bonds. The van der Waals surface area contributed by atoms with Gasteiger partial charge in [-0.05, 0) is 37.3 Å². The smallest absolute Gasteiger partial charge is 0.389 e. The molecule has 0 atom stereocenters. The molecule has 116 valence electrons. The first-order chi connectivity index (χ1) is 9.82. The van der Waals surface area contributed by atoms with Crippen molar-refractivity contribution in [2.75, 3.05) is 18.0 Å². The minimum atomic E-state index is -4.47. The quantitative estimate of drug-likeness (QED) is 0.817. The highest BCUT2D eigenvalue weighted by Gasteiger charge is 2.34. The topological polar surface area (TPSA) is 42.2 Å². The van der Waals surface area contributed by atoms with Crippen molar-refractivity contribution in [1.82, 2.24) is 4.98 Å². The molecule has 0 radical (unpaired) electrons. The van der Waals surface area contributed by atoms with Crippen LogP contribution in [-0.4, -0.2) is 23.1 Å². The Morgan fingerprint density at radius 1 is 1.43 bits per heavy atom. The zero-order valence-corrected chi connectivity index (χ0v) is 12.6. The summed E-state index contributed by atoms with van der Waals surface area (Å²) < 4.78 is 38.6. The van der Waals surface area contributed by atoms with Gasteiger partial charge in [0, 0.05) is 13.1 Å². The van der Waals surface area contributed by atoms with E-state index in [1.165, 1.54) is 6.07 Å². The number of pyridine rings is 1. The molecule has 0 bridgehead atoms. The molecule has 1 saturated carbocycles. The van der Waals surface area contributed by atoms with Crippen LogP contribution in [0, 0.1) is 5.92 Å². The number of halogens is 3. The van der Waals surface area contributed by atoms with Crippen molar-refractivity contribution < 1.29 is 13.2 Å². The molecule has 1 aliphatic rings. The lowest BCUT2D eigenvalue weighted by Crippen LogP contribution is -2.31. The molecule has 1 aromatic heterocycles. The van der Waals surface area contributed by atoms with E-state index in [-0.39, 0.29) is 10.8 Å². The van der Waals surface area contributed by atoms with Gasteiger partial charge in [0.15, 0.2) is 0 Å². The Hall–Kier alpha value is -1.37. The molecule has 1 fully saturated rings. The van der Waals surface area contributed by atoms with Crippen molar-refractivity contribution in [1.29, 1.82) is 0 Å². The molecule has 1 aliphatic carbocycles. The lowest BCUT2D eigenvalue weighted by Gasteiger charge is -2.26. The van der Waals surface area contributed by atoms with Crippen molar-refractivity contribution in [3.05, 3.63) is 23.4 Å². The molecule has 21 heavy (non-hydrogen) atoms. The zero-order valence-electron chi connectivity index (χ0n) is 11.8. The van der Waals surface area contributed by atoms with Gasteiger partial charge in [0.05, 0.1) is 5.56 Å². The Balaban J connectivity index is 2.41. The fourth-order valence-electron chi connectivity index (χ4n) is 2.21.